The van der Waals surface area contributed by atoms with Gasteiger partial charge in [-0.2, -0.15) is 0 Å². The maximum atomic E-state index is 3.37. The monoisotopic (exact) mass is 195 g/mol. The van der Waals surface area contributed by atoms with Crippen LogP contribution in [0.5, 0.6) is 0 Å². The van der Waals surface area contributed by atoms with Gasteiger partial charge in [-0.15, -0.1) is 0 Å². The van der Waals surface area contributed by atoms with E-state index in [0.717, 1.165) is 12.5 Å². The summed E-state index contributed by atoms with van der Waals surface area (Å²) in [4.78, 5) is 1.28. The van der Waals surface area contributed by atoms with E-state index < -0.39 is 0 Å². The third-order valence-electron chi connectivity index (χ3n) is 2.06. The molecule has 1 atom stereocenters. The Balaban J connectivity index is 2.20. The molecular weight excluding hydrogens is 178 g/mol. The summed E-state index contributed by atoms with van der Waals surface area (Å²) >= 11 is 1.71. The van der Waals surface area contributed by atoms with E-state index in [-0.39, 0.29) is 0 Å². The van der Waals surface area contributed by atoms with Crippen LogP contribution in [0.25, 0.3) is 0 Å². The van der Waals surface area contributed by atoms with Gasteiger partial charge in [-0.3, -0.25) is 4.72 Å². The van der Waals surface area contributed by atoms with Gasteiger partial charge in [0, 0.05) is 11.4 Å². The summed E-state index contributed by atoms with van der Waals surface area (Å²) in [5.74, 6) is 0.760. The minimum Gasteiger partial charge on any atom is -0.260 e. The summed E-state index contributed by atoms with van der Waals surface area (Å²) in [6.45, 7) is 5.56. The molecule has 1 unspecified atom stereocenters. The third kappa shape index (κ3) is 4.34. The molecule has 1 aromatic rings. The molecule has 0 fully saturated rings. The Hall–Kier alpha value is -0.470. The van der Waals surface area contributed by atoms with Crippen LogP contribution in [-0.4, -0.2) is 6.54 Å². The summed E-state index contributed by atoms with van der Waals surface area (Å²) in [7, 11) is 0. The first-order valence-electron chi connectivity index (χ1n) is 4.77. The first-order chi connectivity index (χ1) is 6.33. The lowest BCUT2D eigenvalue weighted by molar-refractivity contribution is 0.559. The fourth-order valence-electron chi connectivity index (χ4n) is 0.900. The molecule has 1 aromatic carbocycles. The van der Waals surface area contributed by atoms with E-state index in [1.165, 1.54) is 11.3 Å². The number of rotatable bonds is 5. The van der Waals surface area contributed by atoms with E-state index in [0.29, 0.717) is 0 Å². The molecule has 0 radical (unpaired) electrons. The molecule has 0 spiro atoms. The predicted molar refractivity (Wildman–Crippen MR) is 59.8 cm³/mol. The fourth-order valence-corrected chi connectivity index (χ4v) is 1.73. The van der Waals surface area contributed by atoms with E-state index in [1.54, 1.807) is 11.9 Å². The van der Waals surface area contributed by atoms with E-state index in [4.69, 9.17) is 0 Å². The highest BCUT2D eigenvalue weighted by Gasteiger charge is 1.97. The Labute approximate surface area is 85.1 Å². The molecule has 0 bridgehead atoms. The number of hydrogen-bond acceptors (Lipinski definition) is 2. The van der Waals surface area contributed by atoms with Gasteiger partial charge in [0.25, 0.3) is 0 Å². The van der Waals surface area contributed by atoms with Gasteiger partial charge in [-0.05, 0) is 30.0 Å². The molecule has 1 rings (SSSR count). The second kappa shape index (κ2) is 6.06. The Morgan fingerprint density at radius 1 is 1.31 bits per heavy atom. The van der Waals surface area contributed by atoms with Crippen molar-refractivity contribution in [2.75, 3.05) is 6.54 Å². The van der Waals surface area contributed by atoms with Crippen LogP contribution in [0.2, 0.25) is 0 Å². The lowest BCUT2D eigenvalue weighted by Gasteiger charge is -2.08. The van der Waals surface area contributed by atoms with Gasteiger partial charge in [0.05, 0.1) is 0 Å². The lowest BCUT2D eigenvalue weighted by atomic mass is 10.1. The van der Waals surface area contributed by atoms with Crippen LogP contribution in [0, 0.1) is 5.92 Å². The first-order valence-corrected chi connectivity index (χ1v) is 5.59. The molecule has 13 heavy (non-hydrogen) atoms. The van der Waals surface area contributed by atoms with Crippen molar-refractivity contribution in [3.05, 3.63) is 30.3 Å². The van der Waals surface area contributed by atoms with Gasteiger partial charge in [0.15, 0.2) is 0 Å². The van der Waals surface area contributed by atoms with Crippen molar-refractivity contribution in [3.63, 3.8) is 0 Å². The topological polar surface area (TPSA) is 12.0 Å². The first kappa shape index (κ1) is 10.6. The summed E-state index contributed by atoms with van der Waals surface area (Å²) in [5, 5.41) is 0. The van der Waals surface area contributed by atoms with Gasteiger partial charge in [0.1, 0.15) is 0 Å². The lowest BCUT2D eigenvalue weighted by Crippen LogP contribution is -2.13. The largest absolute Gasteiger partial charge is 0.260 e. The van der Waals surface area contributed by atoms with Crippen LogP contribution in [0.1, 0.15) is 20.3 Å². The van der Waals surface area contributed by atoms with Crippen LogP contribution in [0.4, 0.5) is 0 Å². The highest BCUT2D eigenvalue weighted by molar-refractivity contribution is 7.97. The van der Waals surface area contributed by atoms with Gasteiger partial charge >= 0.3 is 0 Å². The molecule has 0 aliphatic rings. The van der Waals surface area contributed by atoms with E-state index in [1.807, 2.05) is 6.07 Å². The zero-order valence-corrected chi connectivity index (χ0v) is 9.10. The fraction of sp³-hybridized carbons (Fsp3) is 0.455. The van der Waals surface area contributed by atoms with Crippen molar-refractivity contribution >= 4 is 11.9 Å². The van der Waals surface area contributed by atoms with Gasteiger partial charge in [-0.1, -0.05) is 38.5 Å². The molecule has 0 aliphatic heterocycles. The van der Waals surface area contributed by atoms with E-state index in [9.17, 15) is 0 Å². The van der Waals surface area contributed by atoms with Crippen molar-refractivity contribution in [1.29, 1.82) is 0 Å². The molecule has 2 heteroatoms. The summed E-state index contributed by atoms with van der Waals surface area (Å²) in [5.41, 5.74) is 0. The van der Waals surface area contributed by atoms with Crippen LogP contribution in [0.3, 0.4) is 0 Å². The molecule has 0 aliphatic carbocycles. The molecule has 0 aromatic heterocycles. The van der Waals surface area contributed by atoms with Gasteiger partial charge in [-0.25, -0.2) is 0 Å². The molecule has 72 valence electrons. The number of benzene rings is 1. The minimum atomic E-state index is 0.760. The van der Waals surface area contributed by atoms with Crippen molar-refractivity contribution in [3.8, 4) is 0 Å². The Kier molecular flexibility index (Phi) is 4.94. The minimum absolute atomic E-state index is 0.760. The molecule has 0 saturated carbocycles. The van der Waals surface area contributed by atoms with Crippen LogP contribution < -0.4 is 4.72 Å². The second-order valence-corrected chi connectivity index (χ2v) is 4.24. The molecule has 1 N–H and O–H groups in total. The number of nitrogens with one attached hydrogen (secondary N) is 1. The Morgan fingerprint density at radius 3 is 2.62 bits per heavy atom. The summed E-state index contributed by atoms with van der Waals surface area (Å²) in [6.07, 6.45) is 1.24. The van der Waals surface area contributed by atoms with Crippen molar-refractivity contribution in [1.82, 2.24) is 4.72 Å². The van der Waals surface area contributed by atoms with Crippen LogP contribution >= 0.6 is 11.9 Å². The Bertz CT molecular complexity index is 223. The SMILES string of the molecule is CCC(C)CNSc1ccccc1. The quantitative estimate of drug-likeness (QED) is 0.723. The zero-order valence-electron chi connectivity index (χ0n) is 8.29. The molecule has 0 saturated heterocycles. The maximum absolute atomic E-state index is 3.37. The highest BCUT2D eigenvalue weighted by Crippen LogP contribution is 2.13. The second-order valence-electron chi connectivity index (χ2n) is 3.28. The number of hydrogen-bond donors (Lipinski definition) is 1. The zero-order chi connectivity index (χ0) is 9.52. The summed E-state index contributed by atoms with van der Waals surface area (Å²) < 4.78 is 3.37. The van der Waals surface area contributed by atoms with Gasteiger partial charge < -0.3 is 0 Å². The summed E-state index contributed by atoms with van der Waals surface area (Å²) in [6, 6.07) is 10.4. The third-order valence-corrected chi connectivity index (χ3v) is 2.88. The van der Waals surface area contributed by atoms with Crippen LogP contribution in [-0.2, 0) is 0 Å². The predicted octanol–water partition coefficient (Wildman–Crippen LogP) is 3.33. The molecule has 0 amide bonds. The standard InChI is InChI=1S/C11H17NS/c1-3-10(2)9-12-13-11-7-5-4-6-8-11/h4-8,10,12H,3,9H2,1-2H3. The van der Waals surface area contributed by atoms with Crippen molar-refractivity contribution in [2.24, 2.45) is 5.92 Å². The average Bonchev–Trinajstić information content (AvgIpc) is 2.19. The van der Waals surface area contributed by atoms with Crippen molar-refractivity contribution < 1.29 is 0 Å². The van der Waals surface area contributed by atoms with E-state index >= 15 is 0 Å². The van der Waals surface area contributed by atoms with Gasteiger partial charge in [0.2, 0.25) is 0 Å². The average molecular weight is 195 g/mol. The Morgan fingerprint density at radius 2 is 2.00 bits per heavy atom. The normalized spacial score (nSPS) is 12.8. The molecular formula is C11H17NS. The molecule has 1 nitrogen and oxygen atoms in total. The maximum Gasteiger partial charge on any atom is 0.0228 e. The van der Waals surface area contributed by atoms with E-state index in [2.05, 4.69) is 42.8 Å². The molecule has 0 heterocycles. The highest BCUT2D eigenvalue weighted by atomic mass is 32.2. The smallest absolute Gasteiger partial charge is 0.0228 e. The van der Waals surface area contributed by atoms with Crippen molar-refractivity contribution in [2.45, 2.75) is 25.2 Å². The van der Waals surface area contributed by atoms with Crippen LogP contribution in [0.15, 0.2) is 35.2 Å².